The van der Waals surface area contributed by atoms with E-state index in [0.29, 0.717) is 5.69 Å². The lowest BCUT2D eigenvalue weighted by Gasteiger charge is -1.99. The molecule has 3 aromatic rings. The van der Waals surface area contributed by atoms with Crippen LogP contribution in [0, 0.1) is 13.8 Å². The van der Waals surface area contributed by atoms with Gasteiger partial charge in [-0.15, -0.1) is 0 Å². The van der Waals surface area contributed by atoms with E-state index >= 15 is 0 Å². The smallest absolute Gasteiger partial charge is 0.166 e. The lowest BCUT2D eigenvalue weighted by Crippen LogP contribution is -1.82. The average Bonchev–Trinajstić information content (AvgIpc) is 2.92. The molecule has 2 N–H and O–H groups in total. The molecule has 0 amide bonds. The molecule has 0 spiro atoms. The second kappa shape index (κ2) is 3.88. The van der Waals surface area contributed by atoms with E-state index in [0.717, 1.165) is 28.8 Å². The molecule has 0 atom stereocenters. The second-order valence-electron chi connectivity index (χ2n) is 4.62. The highest BCUT2D eigenvalue weighted by molar-refractivity contribution is 5.97. The topological polar surface area (TPSA) is 48.6 Å². The van der Waals surface area contributed by atoms with Crippen LogP contribution < -0.4 is 0 Å². The van der Waals surface area contributed by atoms with E-state index in [1.165, 1.54) is 10.9 Å². The first-order chi connectivity index (χ1) is 8.69. The number of rotatable bonds is 2. The summed E-state index contributed by atoms with van der Waals surface area (Å²) in [6, 6.07) is 10.1. The van der Waals surface area contributed by atoms with Crippen LogP contribution in [-0.2, 0) is 0 Å². The molecule has 0 bridgehead atoms. The van der Waals surface area contributed by atoms with Crippen molar-refractivity contribution in [2.45, 2.75) is 13.8 Å². The van der Waals surface area contributed by atoms with Crippen molar-refractivity contribution in [3.63, 3.8) is 0 Å². The molecule has 0 saturated carbocycles. The lowest BCUT2D eigenvalue weighted by molar-refractivity contribution is 0.111. The summed E-state index contributed by atoms with van der Waals surface area (Å²) in [4.78, 5) is 17.3. The third-order valence-corrected chi connectivity index (χ3v) is 3.25. The van der Waals surface area contributed by atoms with Crippen LogP contribution in [0.15, 0.2) is 30.3 Å². The van der Waals surface area contributed by atoms with Gasteiger partial charge in [-0.2, -0.15) is 0 Å². The molecule has 0 aliphatic carbocycles. The Labute approximate surface area is 105 Å². The molecule has 2 heterocycles. The molecule has 0 unspecified atom stereocenters. The van der Waals surface area contributed by atoms with E-state index in [4.69, 9.17) is 0 Å². The first kappa shape index (κ1) is 10.8. The van der Waals surface area contributed by atoms with Crippen LogP contribution in [0.5, 0.6) is 0 Å². The second-order valence-corrected chi connectivity index (χ2v) is 4.62. The first-order valence-electron chi connectivity index (χ1n) is 5.92. The van der Waals surface area contributed by atoms with Crippen LogP contribution in [0.4, 0.5) is 0 Å². The van der Waals surface area contributed by atoms with Crippen molar-refractivity contribution in [1.82, 2.24) is 9.97 Å². The number of hydrogen-bond donors (Lipinski definition) is 2. The number of carbonyl (C=O) groups excluding carboxylic acids is 1. The highest BCUT2D eigenvalue weighted by atomic mass is 16.1. The number of H-pyrrole nitrogens is 2. The molecular weight excluding hydrogens is 224 g/mol. The molecule has 1 aromatic carbocycles. The quantitative estimate of drug-likeness (QED) is 0.658. The Morgan fingerprint density at radius 1 is 1.06 bits per heavy atom. The summed E-state index contributed by atoms with van der Waals surface area (Å²) in [6.45, 7) is 4.13. The summed E-state index contributed by atoms with van der Waals surface area (Å²) >= 11 is 0. The van der Waals surface area contributed by atoms with Crippen LogP contribution in [0.1, 0.15) is 21.7 Å². The molecule has 2 aromatic heterocycles. The largest absolute Gasteiger partial charge is 0.358 e. The van der Waals surface area contributed by atoms with Gasteiger partial charge in [0.05, 0.1) is 5.69 Å². The highest BCUT2D eigenvalue weighted by Gasteiger charge is 2.12. The molecule has 0 saturated heterocycles. The van der Waals surface area contributed by atoms with Crippen LogP contribution in [0.2, 0.25) is 0 Å². The van der Waals surface area contributed by atoms with Crippen molar-refractivity contribution in [3.8, 4) is 11.3 Å². The Bertz CT molecular complexity index is 734. The van der Waals surface area contributed by atoms with Gasteiger partial charge in [-0.05, 0) is 38.1 Å². The first-order valence-corrected chi connectivity index (χ1v) is 5.92. The average molecular weight is 238 g/mol. The Morgan fingerprint density at radius 3 is 2.61 bits per heavy atom. The van der Waals surface area contributed by atoms with Gasteiger partial charge in [-0.25, -0.2) is 0 Å². The van der Waals surface area contributed by atoms with Crippen molar-refractivity contribution in [2.75, 3.05) is 0 Å². The van der Waals surface area contributed by atoms with Gasteiger partial charge < -0.3 is 9.97 Å². The number of aromatic nitrogens is 2. The van der Waals surface area contributed by atoms with Crippen molar-refractivity contribution in [2.24, 2.45) is 0 Å². The molecule has 3 nitrogen and oxygen atoms in total. The Kier molecular flexibility index (Phi) is 2.33. The Balaban J connectivity index is 2.30. The number of aryl methyl sites for hydroxylation is 2. The van der Waals surface area contributed by atoms with E-state index in [9.17, 15) is 4.79 Å². The summed E-state index contributed by atoms with van der Waals surface area (Å²) in [5, 5.41) is 1.19. The van der Waals surface area contributed by atoms with Gasteiger partial charge in [0.15, 0.2) is 6.29 Å². The number of aromatic amines is 2. The zero-order valence-corrected chi connectivity index (χ0v) is 10.4. The molecule has 18 heavy (non-hydrogen) atoms. The van der Waals surface area contributed by atoms with Crippen LogP contribution >= 0.6 is 0 Å². The monoisotopic (exact) mass is 238 g/mol. The predicted molar refractivity (Wildman–Crippen MR) is 72.9 cm³/mol. The zero-order valence-electron chi connectivity index (χ0n) is 10.4. The third-order valence-electron chi connectivity index (χ3n) is 3.25. The van der Waals surface area contributed by atoms with Gasteiger partial charge in [0.1, 0.15) is 0 Å². The van der Waals surface area contributed by atoms with Gasteiger partial charge in [-0.1, -0.05) is 11.6 Å². The molecule has 0 radical (unpaired) electrons. The number of nitrogens with one attached hydrogen (secondary N) is 2. The summed E-state index contributed by atoms with van der Waals surface area (Å²) in [7, 11) is 0. The van der Waals surface area contributed by atoms with E-state index < -0.39 is 0 Å². The molecular formula is C15H14N2O. The maximum absolute atomic E-state index is 10.8. The normalized spacial score (nSPS) is 11.0. The fraction of sp³-hybridized carbons (Fsp3) is 0.133. The van der Waals surface area contributed by atoms with Crippen molar-refractivity contribution < 1.29 is 4.79 Å². The van der Waals surface area contributed by atoms with Gasteiger partial charge in [0.2, 0.25) is 0 Å². The fourth-order valence-corrected chi connectivity index (χ4v) is 2.41. The van der Waals surface area contributed by atoms with Gasteiger partial charge in [0, 0.05) is 27.9 Å². The molecule has 0 fully saturated rings. The van der Waals surface area contributed by atoms with Crippen molar-refractivity contribution >= 4 is 17.2 Å². The number of carbonyl (C=O) groups is 1. The van der Waals surface area contributed by atoms with E-state index in [1.54, 1.807) is 6.07 Å². The third kappa shape index (κ3) is 1.56. The SMILES string of the molecule is Cc1ccc2[nH]c(C)c(-c3ccc(C=O)[nH]3)c2c1. The number of aldehydes is 1. The van der Waals surface area contributed by atoms with E-state index in [1.807, 2.05) is 13.0 Å². The Morgan fingerprint density at radius 2 is 1.89 bits per heavy atom. The minimum atomic E-state index is 0.603. The maximum atomic E-state index is 10.8. The van der Waals surface area contributed by atoms with Crippen molar-refractivity contribution in [3.05, 3.63) is 47.3 Å². The minimum Gasteiger partial charge on any atom is -0.358 e. The van der Waals surface area contributed by atoms with Crippen LogP contribution in [0.3, 0.4) is 0 Å². The molecule has 3 rings (SSSR count). The number of hydrogen-bond acceptors (Lipinski definition) is 1. The fourth-order valence-electron chi connectivity index (χ4n) is 2.41. The number of fused-ring (bicyclic) bond motifs is 1. The van der Waals surface area contributed by atoms with E-state index in [-0.39, 0.29) is 0 Å². The predicted octanol–water partition coefficient (Wildman–Crippen LogP) is 3.59. The molecule has 0 aliphatic heterocycles. The van der Waals surface area contributed by atoms with Crippen molar-refractivity contribution in [1.29, 1.82) is 0 Å². The molecule has 3 heteroatoms. The molecule has 0 aliphatic rings. The van der Waals surface area contributed by atoms with Crippen LogP contribution in [0.25, 0.3) is 22.2 Å². The number of benzene rings is 1. The molecule has 90 valence electrons. The summed E-state index contributed by atoms with van der Waals surface area (Å²) < 4.78 is 0. The Hall–Kier alpha value is -2.29. The summed E-state index contributed by atoms with van der Waals surface area (Å²) in [5.74, 6) is 0. The maximum Gasteiger partial charge on any atom is 0.166 e. The standard InChI is InChI=1S/C15H14N2O/c1-9-3-5-13-12(7-9)15(10(2)16-13)14-6-4-11(8-18)17-14/h3-8,16-17H,1-2H3. The van der Waals surface area contributed by atoms with Gasteiger partial charge in [0.25, 0.3) is 0 Å². The van der Waals surface area contributed by atoms with Gasteiger partial charge in [-0.3, -0.25) is 4.79 Å². The van der Waals surface area contributed by atoms with E-state index in [2.05, 4.69) is 35.1 Å². The zero-order chi connectivity index (χ0) is 12.7. The summed E-state index contributed by atoms with van der Waals surface area (Å²) in [5.41, 5.74) is 6.18. The summed E-state index contributed by atoms with van der Waals surface area (Å²) in [6.07, 6.45) is 0.832. The minimum absolute atomic E-state index is 0.603. The lowest BCUT2D eigenvalue weighted by atomic mass is 10.1. The van der Waals surface area contributed by atoms with Crippen LogP contribution in [-0.4, -0.2) is 16.3 Å². The highest BCUT2D eigenvalue weighted by Crippen LogP contribution is 2.31. The van der Waals surface area contributed by atoms with Gasteiger partial charge >= 0.3 is 0 Å².